The van der Waals surface area contributed by atoms with Crippen LogP contribution >= 0.6 is 0 Å². The number of hydrogen-bond acceptors (Lipinski definition) is 9. The molecule has 0 unspecified atom stereocenters. The van der Waals surface area contributed by atoms with Gasteiger partial charge in [0.15, 0.2) is 0 Å². The highest BCUT2D eigenvalue weighted by Gasteiger charge is 2.29. The van der Waals surface area contributed by atoms with Gasteiger partial charge >= 0.3 is 0 Å². The normalized spacial score (nSPS) is 20.9. The highest BCUT2D eigenvalue weighted by molar-refractivity contribution is 6.32. The summed E-state index contributed by atoms with van der Waals surface area (Å²) in [5.41, 5.74) is 2.92. The molecule has 11 heteroatoms. The van der Waals surface area contributed by atoms with E-state index in [2.05, 4.69) is 48.8 Å². The van der Waals surface area contributed by atoms with Crippen molar-refractivity contribution in [2.45, 2.75) is 19.3 Å². The number of amides is 2. The minimum atomic E-state index is -0.240. The summed E-state index contributed by atoms with van der Waals surface area (Å²) in [6.45, 7) is 5.48. The monoisotopic (exact) mass is 506 g/mol. The predicted octanol–water partition coefficient (Wildman–Crippen LogP) is 2.07. The van der Waals surface area contributed by atoms with Gasteiger partial charge in [0.25, 0.3) is 5.91 Å². The molecule has 2 aromatic rings. The van der Waals surface area contributed by atoms with Crippen LogP contribution in [-0.4, -0.2) is 91.6 Å². The van der Waals surface area contributed by atoms with Gasteiger partial charge in [0, 0.05) is 70.7 Å². The highest BCUT2D eigenvalue weighted by Crippen LogP contribution is 2.36. The molecule has 1 aromatic heterocycles. The maximum atomic E-state index is 12.8. The molecule has 0 saturated carbocycles. The Labute approximate surface area is 216 Å². The van der Waals surface area contributed by atoms with Crippen LogP contribution in [0, 0.1) is 0 Å². The van der Waals surface area contributed by atoms with Gasteiger partial charge in [0.2, 0.25) is 5.91 Å². The topological polar surface area (TPSA) is 115 Å². The molecule has 196 valence electrons. The Hall–Kier alpha value is -3.86. The lowest BCUT2D eigenvalue weighted by molar-refractivity contribution is -0.130. The second-order valence-electron chi connectivity index (χ2n) is 9.62. The Morgan fingerprint density at radius 2 is 1.78 bits per heavy atom. The number of aromatic nitrogens is 2. The van der Waals surface area contributed by atoms with E-state index in [4.69, 9.17) is 4.74 Å². The minimum absolute atomic E-state index is 0.0994. The van der Waals surface area contributed by atoms with Crippen LogP contribution in [-0.2, 0) is 9.59 Å². The molecule has 0 radical (unpaired) electrons. The molecule has 1 saturated heterocycles. The average Bonchev–Trinajstić information content (AvgIpc) is 3.23. The van der Waals surface area contributed by atoms with Crippen LogP contribution in [0.2, 0.25) is 0 Å². The zero-order valence-electron chi connectivity index (χ0n) is 21.4. The molecule has 3 aliphatic rings. The van der Waals surface area contributed by atoms with Crippen LogP contribution in [0.25, 0.3) is 5.57 Å². The van der Waals surface area contributed by atoms with E-state index < -0.39 is 0 Å². The fourth-order valence-electron chi connectivity index (χ4n) is 4.72. The third-order valence-corrected chi connectivity index (χ3v) is 6.96. The van der Waals surface area contributed by atoms with Gasteiger partial charge < -0.3 is 35.4 Å². The molecule has 0 aliphatic carbocycles. The first-order valence-corrected chi connectivity index (χ1v) is 12.8. The number of carbonyl (C=O) groups excluding carboxylic acids is 2. The predicted molar refractivity (Wildman–Crippen MR) is 144 cm³/mol. The average molecular weight is 507 g/mol. The third-order valence-electron chi connectivity index (χ3n) is 6.96. The Morgan fingerprint density at radius 1 is 0.973 bits per heavy atom. The van der Waals surface area contributed by atoms with Crippen LogP contribution < -0.4 is 25.6 Å². The number of carbonyl (C=O) groups is 2. The van der Waals surface area contributed by atoms with Crippen molar-refractivity contribution < 1.29 is 14.3 Å². The molecule has 1 fully saturated rings. The number of hydrogen-bond donors (Lipinski definition) is 3. The van der Waals surface area contributed by atoms with Crippen molar-refractivity contribution in [1.82, 2.24) is 19.8 Å². The highest BCUT2D eigenvalue weighted by atomic mass is 16.5. The maximum absolute atomic E-state index is 12.8. The van der Waals surface area contributed by atoms with Gasteiger partial charge in [0.05, 0.1) is 23.4 Å². The van der Waals surface area contributed by atoms with E-state index >= 15 is 0 Å². The van der Waals surface area contributed by atoms with Gasteiger partial charge in [-0.15, -0.1) is 0 Å². The maximum Gasteiger partial charge on any atom is 0.259 e. The number of anilines is 4. The number of likely N-dealkylation sites (N-methyl/N-ethyl adjacent to an activating group) is 1. The Morgan fingerprint density at radius 3 is 2.62 bits per heavy atom. The molecule has 4 heterocycles. The van der Waals surface area contributed by atoms with Crippen LogP contribution in [0.5, 0.6) is 5.75 Å². The summed E-state index contributed by atoms with van der Waals surface area (Å²) >= 11 is 0. The van der Waals surface area contributed by atoms with E-state index in [1.54, 1.807) is 11.1 Å². The van der Waals surface area contributed by atoms with E-state index in [0.29, 0.717) is 55.3 Å². The summed E-state index contributed by atoms with van der Waals surface area (Å²) in [5, 5.41) is 9.40. The quantitative estimate of drug-likeness (QED) is 0.535. The first-order valence-electron chi connectivity index (χ1n) is 12.8. The van der Waals surface area contributed by atoms with Crippen molar-refractivity contribution in [2.75, 3.05) is 80.8 Å². The zero-order chi connectivity index (χ0) is 25.8. The van der Waals surface area contributed by atoms with Gasteiger partial charge in [-0.25, -0.2) is 9.97 Å². The van der Waals surface area contributed by atoms with Gasteiger partial charge in [0.1, 0.15) is 23.7 Å². The van der Waals surface area contributed by atoms with Crippen LogP contribution in [0.1, 0.15) is 24.8 Å². The van der Waals surface area contributed by atoms with Gasteiger partial charge in [-0.1, -0.05) is 0 Å². The Kier molecular flexibility index (Phi) is 7.40. The molecule has 3 N–H and O–H groups in total. The van der Waals surface area contributed by atoms with Gasteiger partial charge in [-0.05, 0) is 32.0 Å². The first-order chi connectivity index (χ1) is 18.0. The van der Waals surface area contributed by atoms with Crippen molar-refractivity contribution in [1.29, 1.82) is 0 Å². The number of nitrogens with zero attached hydrogens (tertiary/aromatic N) is 5. The molecule has 37 heavy (non-hydrogen) atoms. The minimum Gasteiger partial charge on any atom is -0.491 e. The molecule has 5 rings (SSSR count). The fraction of sp³-hybridized carbons (Fsp3) is 0.462. The van der Waals surface area contributed by atoms with Crippen LogP contribution in [0.15, 0.2) is 30.7 Å². The lowest BCUT2D eigenvalue weighted by atomic mass is 10.1. The number of ether oxygens (including phenoxy) is 1. The molecule has 11 nitrogen and oxygen atoms in total. The lowest BCUT2D eigenvalue weighted by Crippen LogP contribution is -2.44. The SMILES string of the molecule is CN1CCN(c2ccc3cc2OCCCC(=O)N(C)CCCNc2ncnc4c2/C(=C/N3)C(=O)N4)CC1. The largest absolute Gasteiger partial charge is 0.491 e. The van der Waals surface area contributed by atoms with E-state index in [1.807, 2.05) is 19.2 Å². The summed E-state index contributed by atoms with van der Waals surface area (Å²) in [7, 11) is 3.96. The standard InChI is InChI=1S/C26H34N8O3/c1-32-10-12-34(13-11-32)20-7-6-18-15-21(20)37-14-3-5-22(35)33(2)9-4-8-27-24-23-19(16-28-18)26(36)31-25(23)30-17-29-24/h6-7,15-17,28H,3-5,8-14H2,1-2H3,(H2,27,29,30,31,36)/b19-16-. The van der Waals surface area contributed by atoms with Crippen molar-refractivity contribution in [3.63, 3.8) is 0 Å². The van der Waals surface area contributed by atoms with Gasteiger partial charge in [-0.3, -0.25) is 9.59 Å². The summed E-state index contributed by atoms with van der Waals surface area (Å²) in [6, 6.07) is 6.00. The molecule has 3 aliphatic heterocycles. The van der Waals surface area contributed by atoms with E-state index in [1.165, 1.54) is 6.33 Å². The van der Waals surface area contributed by atoms with E-state index in [9.17, 15) is 9.59 Å². The lowest BCUT2D eigenvalue weighted by Gasteiger charge is -2.35. The van der Waals surface area contributed by atoms with Crippen LogP contribution in [0.3, 0.4) is 0 Å². The van der Waals surface area contributed by atoms with E-state index in [0.717, 1.165) is 49.7 Å². The number of piperazine rings is 1. The second kappa shape index (κ2) is 11.0. The van der Waals surface area contributed by atoms with E-state index in [-0.39, 0.29) is 11.8 Å². The number of benzene rings is 1. The number of nitrogens with one attached hydrogen (secondary N) is 3. The molecular weight excluding hydrogens is 472 g/mol. The summed E-state index contributed by atoms with van der Waals surface area (Å²) in [4.78, 5) is 40.4. The Balaban J connectivity index is 1.46. The van der Waals surface area contributed by atoms with Crippen molar-refractivity contribution >= 4 is 40.4 Å². The zero-order valence-corrected chi connectivity index (χ0v) is 21.4. The fourth-order valence-corrected chi connectivity index (χ4v) is 4.72. The smallest absolute Gasteiger partial charge is 0.259 e. The van der Waals surface area contributed by atoms with Crippen molar-refractivity contribution in [3.05, 3.63) is 36.3 Å². The summed E-state index contributed by atoms with van der Waals surface area (Å²) in [5.74, 6) is 1.68. The number of rotatable bonds is 1. The Bertz CT molecular complexity index is 1190. The number of fused-ring (bicyclic) bond motifs is 2. The molecule has 0 atom stereocenters. The van der Waals surface area contributed by atoms with Gasteiger partial charge in [-0.2, -0.15) is 0 Å². The molecular formula is C26H34N8O3. The molecule has 0 spiro atoms. The second-order valence-corrected chi connectivity index (χ2v) is 9.62. The molecule has 1 aromatic carbocycles. The van der Waals surface area contributed by atoms with Crippen molar-refractivity contribution in [2.24, 2.45) is 0 Å². The summed E-state index contributed by atoms with van der Waals surface area (Å²) < 4.78 is 6.23. The third kappa shape index (κ3) is 5.61. The van der Waals surface area contributed by atoms with Crippen molar-refractivity contribution in [3.8, 4) is 5.75 Å². The van der Waals surface area contributed by atoms with Crippen LogP contribution in [0.4, 0.5) is 23.0 Å². The molecule has 2 amide bonds. The first kappa shape index (κ1) is 24.8. The molecule has 2 bridgehead atoms. The summed E-state index contributed by atoms with van der Waals surface area (Å²) in [6.07, 6.45) is 4.94.